The van der Waals surface area contributed by atoms with Crippen LogP contribution in [0.25, 0.3) is 0 Å². The van der Waals surface area contributed by atoms with Crippen molar-refractivity contribution >= 4 is 52.2 Å². The highest BCUT2D eigenvalue weighted by atomic mass is 35.5. The summed E-state index contributed by atoms with van der Waals surface area (Å²) in [6.07, 6.45) is 0. The summed E-state index contributed by atoms with van der Waals surface area (Å²) in [6, 6.07) is 14.0. The third-order valence-electron chi connectivity index (χ3n) is 4.30. The maximum Gasteiger partial charge on any atom is 0.323 e. The molecule has 3 amide bonds. The van der Waals surface area contributed by atoms with Crippen LogP contribution in [0.15, 0.2) is 54.6 Å². The van der Waals surface area contributed by atoms with Crippen molar-refractivity contribution in [1.29, 1.82) is 0 Å². The van der Waals surface area contributed by atoms with Crippen LogP contribution >= 0.6 is 23.2 Å². The molecular formula is C21H15Cl2N3O4. The van der Waals surface area contributed by atoms with Crippen LogP contribution in [0.3, 0.4) is 0 Å². The number of benzene rings is 3. The Morgan fingerprint density at radius 1 is 0.967 bits per heavy atom. The molecule has 1 aliphatic heterocycles. The molecule has 0 radical (unpaired) electrons. The molecule has 1 aliphatic rings. The normalized spacial score (nSPS) is 11.9. The molecule has 4 rings (SSSR count). The smallest absolute Gasteiger partial charge is 0.323 e. The molecule has 152 valence electrons. The Morgan fingerprint density at radius 3 is 2.50 bits per heavy atom. The SMILES string of the molecule is COc1ccc(Cl)cc1NC(=O)Nc1ccc2c(c1)C(=O)Nc1cc(Cl)ccc1O2. The first-order chi connectivity index (χ1) is 14.4. The minimum Gasteiger partial charge on any atom is -0.495 e. The Kier molecular flexibility index (Phi) is 5.39. The maximum absolute atomic E-state index is 12.6. The average molecular weight is 444 g/mol. The number of anilines is 3. The number of halogens is 2. The van der Waals surface area contributed by atoms with E-state index < -0.39 is 6.03 Å². The Bertz CT molecular complexity index is 1170. The van der Waals surface area contributed by atoms with Crippen molar-refractivity contribution in [3.8, 4) is 17.2 Å². The molecular weight excluding hydrogens is 429 g/mol. The van der Waals surface area contributed by atoms with Crippen molar-refractivity contribution in [3.05, 3.63) is 70.2 Å². The second kappa shape index (κ2) is 8.14. The van der Waals surface area contributed by atoms with E-state index in [1.807, 2.05) is 0 Å². The summed E-state index contributed by atoms with van der Waals surface area (Å²) in [5, 5.41) is 9.02. The molecule has 3 aromatic carbocycles. The number of nitrogens with one attached hydrogen (secondary N) is 3. The largest absolute Gasteiger partial charge is 0.495 e. The van der Waals surface area contributed by atoms with Crippen LogP contribution < -0.4 is 25.4 Å². The Labute approximate surface area is 181 Å². The molecule has 0 atom stereocenters. The van der Waals surface area contributed by atoms with Gasteiger partial charge in [-0.2, -0.15) is 0 Å². The monoisotopic (exact) mass is 443 g/mol. The molecule has 30 heavy (non-hydrogen) atoms. The van der Waals surface area contributed by atoms with Gasteiger partial charge in [0.15, 0.2) is 5.75 Å². The van der Waals surface area contributed by atoms with Gasteiger partial charge in [0.25, 0.3) is 5.91 Å². The first kappa shape index (κ1) is 19.9. The molecule has 0 saturated heterocycles. The second-order valence-corrected chi connectivity index (χ2v) is 7.20. The molecule has 0 unspecified atom stereocenters. The van der Waals surface area contributed by atoms with E-state index in [0.29, 0.717) is 44.4 Å². The number of carbonyl (C=O) groups excluding carboxylic acids is 2. The van der Waals surface area contributed by atoms with Crippen LogP contribution in [0.1, 0.15) is 10.4 Å². The van der Waals surface area contributed by atoms with Crippen molar-refractivity contribution in [1.82, 2.24) is 0 Å². The zero-order valence-electron chi connectivity index (χ0n) is 15.6. The van der Waals surface area contributed by atoms with Crippen molar-refractivity contribution in [2.45, 2.75) is 0 Å². The molecule has 0 bridgehead atoms. The van der Waals surface area contributed by atoms with Gasteiger partial charge in [0, 0.05) is 15.7 Å². The summed E-state index contributed by atoms with van der Waals surface area (Å²) in [5.74, 6) is 0.904. The fraction of sp³-hybridized carbons (Fsp3) is 0.0476. The first-order valence-electron chi connectivity index (χ1n) is 8.77. The third kappa shape index (κ3) is 4.12. The number of urea groups is 1. The predicted octanol–water partition coefficient (Wildman–Crippen LogP) is 6.00. The lowest BCUT2D eigenvalue weighted by Crippen LogP contribution is -2.20. The Hall–Kier alpha value is -3.42. The molecule has 1 heterocycles. The van der Waals surface area contributed by atoms with Crippen molar-refractivity contribution in [2.24, 2.45) is 0 Å². The first-order valence-corrected chi connectivity index (χ1v) is 9.53. The highest BCUT2D eigenvalue weighted by Gasteiger charge is 2.22. The van der Waals surface area contributed by atoms with Crippen LogP contribution in [0.2, 0.25) is 10.0 Å². The molecule has 3 N–H and O–H groups in total. The summed E-state index contributed by atoms with van der Waals surface area (Å²) in [4.78, 5) is 25.1. The lowest BCUT2D eigenvalue weighted by Gasteiger charge is -2.13. The van der Waals surface area contributed by atoms with E-state index in [2.05, 4.69) is 16.0 Å². The second-order valence-electron chi connectivity index (χ2n) is 6.33. The van der Waals surface area contributed by atoms with Crippen molar-refractivity contribution in [2.75, 3.05) is 23.1 Å². The van der Waals surface area contributed by atoms with Gasteiger partial charge in [-0.1, -0.05) is 23.2 Å². The quantitative estimate of drug-likeness (QED) is 0.462. The zero-order chi connectivity index (χ0) is 21.3. The van der Waals surface area contributed by atoms with Gasteiger partial charge in [0.05, 0.1) is 24.0 Å². The lowest BCUT2D eigenvalue weighted by molar-refractivity contribution is 0.102. The summed E-state index contributed by atoms with van der Waals surface area (Å²) in [5.41, 5.74) is 1.53. The molecule has 0 saturated carbocycles. The van der Waals surface area contributed by atoms with Crippen molar-refractivity contribution in [3.63, 3.8) is 0 Å². The minimum absolute atomic E-state index is 0.264. The van der Waals surface area contributed by atoms with Gasteiger partial charge in [-0.3, -0.25) is 4.79 Å². The van der Waals surface area contributed by atoms with Gasteiger partial charge in [-0.15, -0.1) is 0 Å². The number of rotatable bonds is 3. The van der Waals surface area contributed by atoms with E-state index in [1.54, 1.807) is 48.5 Å². The highest BCUT2D eigenvalue weighted by Crippen LogP contribution is 2.38. The van der Waals surface area contributed by atoms with Gasteiger partial charge in [-0.25, -0.2) is 4.79 Å². The number of hydrogen-bond donors (Lipinski definition) is 3. The van der Waals surface area contributed by atoms with E-state index in [-0.39, 0.29) is 11.5 Å². The van der Waals surface area contributed by atoms with Gasteiger partial charge >= 0.3 is 6.03 Å². The average Bonchev–Trinajstić information content (AvgIpc) is 2.84. The summed E-state index contributed by atoms with van der Waals surface area (Å²) >= 11 is 12.0. The van der Waals surface area contributed by atoms with E-state index >= 15 is 0 Å². The third-order valence-corrected chi connectivity index (χ3v) is 4.77. The van der Waals surface area contributed by atoms with Crippen LogP contribution in [0.5, 0.6) is 17.2 Å². The number of carbonyl (C=O) groups is 2. The van der Waals surface area contributed by atoms with Crippen LogP contribution in [0.4, 0.5) is 21.9 Å². The van der Waals surface area contributed by atoms with Crippen LogP contribution in [-0.4, -0.2) is 19.0 Å². The number of methoxy groups -OCH3 is 1. The van der Waals surface area contributed by atoms with E-state index in [4.69, 9.17) is 32.7 Å². The number of ether oxygens (including phenoxy) is 2. The van der Waals surface area contributed by atoms with Crippen LogP contribution in [-0.2, 0) is 0 Å². The van der Waals surface area contributed by atoms with Gasteiger partial charge in [0.1, 0.15) is 11.5 Å². The van der Waals surface area contributed by atoms with Crippen LogP contribution in [0, 0.1) is 0 Å². The standard InChI is InChI=1S/C21H15Cl2N3O4/c1-29-18-5-2-11(22)8-15(18)26-21(28)24-13-4-7-17-14(10-13)20(27)25-16-9-12(23)3-6-19(16)30-17/h2-10H,1H3,(H,25,27)(H2,24,26,28). The van der Waals surface area contributed by atoms with E-state index in [0.717, 1.165) is 0 Å². The fourth-order valence-corrected chi connectivity index (χ4v) is 3.28. The number of hydrogen-bond acceptors (Lipinski definition) is 4. The maximum atomic E-state index is 12.6. The summed E-state index contributed by atoms with van der Waals surface area (Å²) < 4.78 is 11.0. The molecule has 0 fully saturated rings. The lowest BCUT2D eigenvalue weighted by atomic mass is 10.1. The molecule has 3 aromatic rings. The molecule has 7 nitrogen and oxygen atoms in total. The van der Waals surface area contributed by atoms with Gasteiger partial charge in [-0.05, 0) is 54.6 Å². The molecule has 9 heteroatoms. The summed E-state index contributed by atoms with van der Waals surface area (Å²) in [7, 11) is 1.49. The Morgan fingerprint density at radius 2 is 1.70 bits per heavy atom. The summed E-state index contributed by atoms with van der Waals surface area (Å²) in [6.45, 7) is 0. The fourth-order valence-electron chi connectivity index (χ4n) is 2.93. The molecule has 0 spiro atoms. The van der Waals surface area contributed by atoms with Crippen molar-refractivity contribution < 1.29 is 19.1 Å². The predicted molar refractivity (Wildman–Crippen MR) is 117 cm³/mol. The van der Waals surface area contributed by atoms with E-state index in [9.17, 15) is 9.59 Å². The van der Waals surface area contributed by atoms with Gasteiger partial charge in [0.2, 0.25) is 0 Å². The Balaban J connectivity index is 1.55. The molecule has 0 aliphatic carbocycles. The highest BCUT2D eigenvalue weighted by molar-refractivity contribution is 6.31. The number of fused-ring (bicyclic) bond motifs is 2. The topological polar surface area (TPSA) is 88.7 Å². The van der Waals surface area contributed by atoms with Gasteiger partial charge < -0.3 is 25.4 Å². The minimum atomic E-state index is -0.527. The zero-order valence-corrected chi connectivity index (χ0v) is 17.1. The molecule has 0 aromatic heterocycles. The van der Waals surface area contributed by atoms with E-state index in [1.165, 1.54) is 13.2 Å². The number of amides is 3.